The van der Waals surface area contributed by atoms with Gasteiger partial charge in [-0.15, -0.1) is 21.5 Å². The second-order valence-corrected chi connectivity index (χ2v) is 7.60. The number of rotatable bonds is 5. The summed E-state index contributed by atoms with van der Waals surface area (Å²) in [5.74, 6) is 0.781. The van der Waals surface area contributed by atoms with Crippen molar-refractivity contribution in [3.05, 3.63) is 34.8 Å². The number of nitrogen functional groups attached to an aromatic ring is 1. The summed E-state index contributed by atoms with van der Waals surface area (Å²) >= 11 is 2.79. The Bertz CT molecular complexity index is 898. The van der Waals surface area contributed by atoms with Crippen molar-refractivity contribution >= 4 is 39.8 Å². The molecule has 3 aromatic rings. The Hall–Kier alpha value is -2.39. The second kappa shape index (κ2) is 7.24. The van der Waals surface area contributed by atoms with Crippen molar-refractivity contribution in [1.82, 2.24) is 19.7 Å². The van der Waals surface area contributed by atoms with Crippen molar-refractivity contribution in [3.8, 4) is 11.4 Å². The molecule has 9 heteroatoms. The zero-order chi connectivity index (χ0) is 18.0. The first-order valence-electron chi connectivity index (χ1n) is 7.56. The number of nitrogens with one attached hydrogen (secondary N) is 1. The molecule has 0 bridgehead atoms. The Morgan fingerprint density at radius 3 is 2.76 bits per heavy atom. The minimum absolute atomic E-state index is 0.123. The van der Waals surface area contributed by atoms with Crippen molar-refractivity contribution in [2.24, 2.45) is 7.05 Å². The fraction of sp³-hybridized carbons (Fsp3) is 0.250. The number of nitrogens with two attached hydrogens (primary N) is 1. The van der Waals surface area contributed by atoms with Gasteiger partial charge in [-0.1, -0.05) is 23.9 Å². The molecule has 2 aromatic heterocycles. The van der Waals surface area contributed by atoms with Gasteiger partial charge in [0.1, 0.15) is 0 Å². The predicted octanol–water partition coefficient (Wildman–Crippen LogP) is 2.87. The van der Waals surface area contributed by atoms with Crippen LogP contribution in [0, 0.1) is 13.8 Å². The molecule has 2 heterocycles. The van der Waals surface area contributed by atoms with Gasteiger partial charge in [-0.3, -0.25) is 4.79 Å². The van der Waals surface area contributed by atoms with E-state index >= 15 is 0 Å². The van der Waals surface area contributed by atoms with E-state index in [1.54, 1.807) is 0 Å². The van der Waals surface area contributed by atoms with Gasteiger partial charge in [0.25, 0.3) is 0 Å². The Morgan fingerprint density at radius 2 is 2.08 bits per heavy atom. The number of anilines is 2. The van der Waals surface area contributed by atoms with Crippen LogP contribution in [0.3, 0.4) is 0 Å². The van der Waals surface area contributed by atoms with Gasteiger partial charge in [0.15, 0.2) is 16.1 Å². The summed E-state index contributed by atoms with van der Waals surface area (Å²) in [4.78, 5) is 17.5. The summed E-state index contributed by atoms with van der Waals surface area (Å²) in [6, 6.07) is 7.49. The van der Waals surface area contributed by atoms with Crippen LogP contribution in [-0.2, 0) is 11.8 Å². The molecule has 3 rings (SSSR count). The number of thioether (sulfide) groups is 1. The number of hydrogen-bond acceptors (Lipinski definition) is 7. The molecule has 0 aliphatic carbocycles. The molecule has 7 nitrogen and oxygen atoms in total. The lowest BCUT2D eigenvalue weighted by Crippen LogP contribution is -2.14. The zero-order valence-corrected chi connectivity index (χ0v) is 15.7. The average Bonchev–Trinajstić information content (AvgIpc) is 3.08. The SMILES string of the molecule is Cc1nc(NC(=O)CSc2nnc(-c3ccccc3N)n2C)sc1C. The fourth-order valence-electron chi connectivity index (χ4n) is 2.19. The lowest BCUT2D eigenvalue weighted by Gasteiger charge is -2.06. The number of aromatic nitrogens is 4. The first kappa shape index (κ1) is 17.4. The van der Waals surface area contributed by atoms with E-state index in [4.69, 9.17) is 5.73 Å². The van der Waals surface area contributed by atoms with Crippen molar-refractivity contribution in [3.63, 3.8) is 0 Å². The van der Waals surface area contributed by atoms with E-state index in [2.05, 4.69) is 20.5 Å². The largest absolute Gasteiger partial charge is 0.398 e. The number of carbonyl (C=O) groups is 1. The minimum Gasteiger partial charge on any atom is -0.398 e. The van der Waals surface area contributed by atoms with Gasteiger partial charge < -0.3 is 15.6 Å². The molecule has 130 valence electrons. The highest BCUT2D eigenvalue weighted by Crippen LogP contribution is 2.27. The topological polar surface area (TPSA) is 98.7 Å². The molecule has 0 aliphatic rings. The molecule has 0 saturated carbocycles. The van der Waals surface area contributed by atoms with Crippen LogP contribution in [0.1, 0.15) is 10.6 Å². The van der Waals surface area contributed by atoms with Gasteiger partial charge in [0.2, 0.25) is 5.91 Å². The van der Waals surface area contributed by atoms with Gasteiger partial charge in [0.05, 0.1) is 11.4 Å². The van der Waals surface area contributed by atoms with E-state index in [0.717, 1.165) is 16.1 Å². The van der Waals surface area contributed by atoms with Crippen molar-refractivity contribution in [2.75, 3.05) is 16.8 Å². The standard InChI is InChI=1S/C16H18N6OS2/c1-9-10(2)25-15(18-9)19-13(23)8-24-16-21-20-14(22(16)3)11-6-4-5-7-12(11)17/h4-7H,8,17H2,1-3H3,(H,18,19,23). The molecule has 0 atom stereocenters. The molecule has 0 radical (unpaired) electrons. The molecular formula is C16H18N6OS2. The Morgan fingerprint density at radius 1 is 1.32 bits per heavy atom. The summed E-state index contributed by atoms with van der Waals surface area (Å²) in [5.41, 5.74) is 8.39. The quantitative estimate of drug-likeness (QED) is 0.526. The third-order valence-corrected chi connectivity index (χ3v) is 5.65. The summed E-state index contributed by atoms with van der Waals surface area (Å²) in [7, 11) is 1.86. The molecule has 25 heavy (non-hydrogen) atoms. The van der Waals surface area contributed by atoms with Crippen molar-refractivity contribution in [1.29, 1.82) is 0 Å². The van der Waals surface area contributed by atoms with Crippen LogP contribution in [0.5, 0.6) is 0 Å². The Kier molecular flexibility index (Phi) is 5.05. The lowest BCUT2D eigenvalue weighted by molar-refractivity contribution is -0.113. The highest BCUT2D eigenvalue weighted by molar-refractivity contribution is 7.99. The smallest absolute Gasteiger partial charge is 0.236 e. The normalized spacial score (nSPS) is 10.8. The van der Waals surface area contributed by atoms with E-state index in [1.807, 2.05) is 49.7 Å². The lowest BCUT2D eigenvalue weighted by atomic mass is 10.2. The number of benzene rings is 1. The van der Waals surface area contributed by atoms with Gasteiger partial charge in [-0.05, 0) is 26.0 Å². The number of amides is 1. The van der Waals surface area contributed by atoms with Crippen LogP contribution < -0.4 is 11.1 Å². The van der Waals surface area contributed by atoms with Crippen LogP contribution in [0.25, 0.3) is 11.4 Å². The molecule has 3 N–H and O–H groups in total. The molecule has 0 unspecified atom stereocenters. The highest BCUT2D eigenvalue weighted by Gasteiger charge is 2.15. The summed E-state index contributed by atoms with van der Waals surface area (Å²) in [6.07, 6.45) is 0. The zero-order valence-electron chi connectivity index (χ0n) is 14.1. The number of para-hydroxylation sites is 1. The first-order valence-corrected chi connectivity index (χ1v) is 9.37. The number of thiazole rings is 1. The van der Waals surface area contributed by atoms with Crippen molar-refractivity contribution < 1.29 is 4.79 Å². The summed E-state index contributed by atoms with van der Waals surface area (Å²) < 4.78 is 1.83. The number of aryl methyl sites for hydroxylation is 2. The van der Waals surface area contributed by atoms with Crippen LogP contribution in [-0.4, -0.2) is 31.4 Å². The van der Waals surface area contributed by atoms with Gasteiger partial charge in [-0.2, -0.15) is 0 Å². The summed E-state index contributed by atoms with van der Waals surface area (Å²) in [5, 5.41) is 12.4. The number of nitrogens with zero attached hydrogens (tertiary/aromatic N) is 4. The molecule has 0 fully saturated rings. The second-order valence-electron chi connectivity index (χ2n) is 5.45. The fourth-order valence-corrected chi connectivity index (χ4v) is 3.73. The Labute approximate surface area is 153 Å². The van der Waals surface area contributed by atoms with Gasteiger partial charge >= 0.3 is 0 Å². The monoisotopic (exact) mass is 374 g/mol. The molecule has 1 amide bonds. The number of carbonyl (C=O) groups excluding carboxylic acids is 1. The maximum atomic E-state index is 12.1. The number of hydrogen-bond donors (Lipinski definition) is 2. The van der Waals surface area contributed by atoms with E-state index in [0.29, 0.717) is 21.8 Å². The minimum atomic E-state index is -0.123. The maximum Gasteiger partial charge on any atom is 0.236 e. The molecule has 1 aromatic carbocycles. The van der Waals surface area contributed by atoms with E-state index in [1.165, 1.54) is 23.1 Å². The average molecular weight is 374 g/mol. The first-order chi connectivity index (χ1) is 12.0. The van der Waals surface area contributed by atoms with Crippen molar-refractivity contribution in [2.45, 2.75) is 19.0 Å². The third kappa shape index (κ3) is 3.83. The highest BCUT2D eigenvalue weighted by atomic mass is 32.2. The van der Waals surface area contributed by atoms with E-state index in [-0.39, 0.29) is 11.7 Å². The van der Waals surface area contributed by atoms with Gasteiger partial charge in [0, 0.05) is 23.2 Å². The van der Waals surface area contributed by atoms with Crippen LogP contribution >= 0.6 is 23.1 Å². The Balaban J connectivity index is 1.66. The molecule has 0 spiro atoms. The van der Waals surface area contributed by atoms with Gasteiger partial charge in [-0.25, -0.2) is 4.98 Å². The molecule has 0 saturated heterocycles. The molecule has 0 aliphatic heterocycles. The molecular weight excluding hydrogens is 356 g/mol. The summed E-state index contributed by atoms with van der Waals surface area (Å²) in [6.45, 7) is 3.90. The maximum absolute atomic E-state index is 12.1. The third-order valence-electron chi connectivity index (χ3n) is 3.64. The van der Waals surface area contributed by atoms with Crippen LogP contribution in [0.4, 0.5) is 10.8 Å². The van der Waals surface area contributed by atoms with E-state index in [9.17, 15) is 4.79 Å². The predicted molar refractivity (Wildman–Crippen MR) is 102 cm³/mol. The van der Waals surface area contributed by atoms with E-state index < -0.39 is 0 Å². The van der Waals surface area contributed by atoms with Crippen LogP contribution in [0.15, 0.2) is 29.4 Å². The van der Waals surface area contributed by atoms with Crippen LogP contribution in [0.2, 0.25) is 0 Å².